The minimum absolute atomic E-state index is 0.0720. The number of nitrogens with one attached hydrogen (secondary N) is 2. The lowest BCUT2D eigenvalue weighted by Gasteiger charge is -2.27. The Labute approximate surface area is 160 Å². The van der Waals surface area contributed by atoms with Gasteiger partial charge in [0.2, 0.25) is 5.91 Å². The van der Waals surface area contributed by atoms with Gasteiger partial charge in [-0.2, -0.15) is 13.2 Å². The number of H-pyrrole nitrogens is 1. The Balaban J connectivity index is 1.57. The molecule has 1 aromatic carbocycles. The maximum absolute atomic E-state index is 12.7. The van der Waals surface area contributed by atoms with E-state index in [1.54, 1.807) is 24.3 Å². The number of nitrogens with zero attached hydrogens (tertiary/aromatic N) is 1. The highest BCUT2D eigenvalue weighted by molar-refractivity contribution is 5.97. The normalized spacial score (nSPS) is 15.4. The van der Waals surface area contributed by atoms with Crippen LogP contribution in [0.4, 0.5) is 24.7 Å². The number of anilines is 2. The SMILES string of the molecule is CC(=O)c1cccc(NC(=O)C2CCN(c3ccc(C(F)(F)F)c[nH+]3)CC2)c1. The van der Waals surface area contributed by atoms with Crippen LogP contribution in [0, 0.1) is 5.92 Å². The van der Waals surface area contributed by atoms with Gasteiger partial charge in [-0.1, -0.05) is 12.1 Å². The molecule has 1 fully saturated rings. The molecule has 2 heterocycles. The van der Waals surface area contributed by atoms with Gasteiger partial charge in [0, 0.05) is 23.2 Å². The average molecular weight is 392 g/mol. The van der Waals surface area contributed by atoms with Crippen LogP contribution in [0.3, 0.4) is 0 Å². The summed E-state index contributed by atoms with van der Waals surface area (Å²) in [5, 5.41) is 2.84. The number of aromatic amines is 1. The zero-order chi connectivity index (χ0) is 20.3. The number of benzene rings is 1. The molecule has 0 saturated carbocycles. The Hall–Kier alpha value is -2.90. The number of carbonyl (C=O) groups excluding carboxylic acids is 2. The standard InChI is InChI=1S/C20H20F3N3O2/c1-13(27)15-3-2-4-17(11-15)25-19(28)14-7-9-26(10-8-14)18-6-5-16(12-24-18)20(21,22)23/h2-6,11-12,14H,7-10H2,1H3,(H,25,28)/p+1. The summed E-state index contributed by atoms with van der Waals surface area (Å²) in [7, 11) is 0. The van der Waals surface area contributed by atoms with Crippen LogP contribution < -0.4 is 15.2 Å². The predicted molar refractivity (Wildman–Crippen MR) is 98.0 cm³/mol. The van der Waals surface area contributed by atoms with Crippen LogP contribution in [0.5, 0.6) is 0 Å². The van der Waals surface area contributed by atoms with Gasteiger partial charge >= 0.3 is 6.18 Å². The van der Waals surface area contributed by atoms with Gasteiger partial charge in [0.1, 0.15) is 6.20 Å². The highest BCUT2D eigenvalue weighted by Crippen LogP contribution is 2.29. The number of rotatable bonds is 4. The number of alkyl halides is 3. The minimum atomic E-state index is -4.38. The van der Waals surface area contributed by atoms with Gasteiger partial charge in [-0.05, 0) is 38.0 Å². The molecular formula is C20H21F3N3O2+. The number of piperidine rings is 1. The number of carbonyl (C=O) groups is 2. The first-order valence-electron chi connectivity index (χ1n) is 9.00. The number of ketones is 1. The summed E-state index contributed by atoms with van der Waals surface area (Å²) in [6.45, 7) is 2.59. The fourth-order valence-corrected chi connectivity index (χ4v) is 3.23. The van der Waals surface area contributed by atoms with E-state index in [0.29, 0.717) is 43.0 Å². The molecule has 0 bridgehead atoms. The van der Waals surface area contributed by atoms with Crippen molar-refractivity contribution in [2.45, 2.75) is 25.9 Å². The first-order valence-corrected chi connectivity index (χ1v) is 9.00. The maximum atomic E-state index is 12.7. The van der Waals surface area contributed by atoms with Gasteiger partial charge in [-0.25, -0.2) is 4.98 Å². The van der Waals surface area contributed by atoms with Crippen molar-refractivity contribution in [2.24, 2.45) is 5.92 Å². The summed E-state index contributed by atoms with van der Waals surface area (Å²) < 4.78 is 38.0. The molecule has 1 aromatic heterocycles. The average Bonchev–Trinajstić information content (AvgIpc) is 2.68. The second-order valence-corrected chi connectivity index (χ2v) is 6.85. The molecule has 5 nitrogen and oxygen atoms in total. The summed E-state index contributed by atoms with van der Waals surface area (Å²) in [6, 6.07) is 9.25. The molecule has 0 aliphatic carbocycles. The van der Waals surface area contributed by atoms with Gasteiger partial charge in [0.05, 0.1) is 18.7 Å². The van der Waals surface area contributed by atoms with Crippen LogP contribution in [0.15, 0.2) is 42.6 Å². The number of aromatic nitrogens is 1. The molecule has 0 radical (unpaired) electrons. The van der Waals surface area contributed by atoms with Crippen molar-refractivity contribution in [3.63, 3.8) is 0 Å². The molecule has 8 heteroatoms. The van der Waals surface area contributed by atoms with Crippen molar-refractivity contribution in [3.05, 3.63) is 53.7 Å². The molecule has 28 heavy (non-hydrogen) atoms. The molecule has 1 amide bonds. The Morgan fingerprint density at radius 3 is 2.43 bits per heavy atom. The monoisotopic (exact) mass is 392 g/mol. The topological polar surface area (TPSA) is 63.6 Å². The number of amides is 1. The summed E-state index contributed by atoms with van der Waals surface area (Å²) in [5.74, 6) is 0.224. The number of hydrogen-bond acceptors (Lipinski definition) is 3. The second-order valence-electron chi connectivity index (χ2n) is 6.85. The van der Waals surface area contributed by atoms with Crippen LogP contribution in [-0.2, 0) is 11.0 Å². The van der Waals surface area contributed by atoms with Gasteiger partial charge in [-0.3, -0.25) is 14.5 Å². The van der Waals surface area contributed by atoms with Crippen molar-refractivity contribution >= 4 is 23.2 Å². The van der Waals surface area contributed by atoms with Gasteiger partial charge in [-0.15, -0.1) is 0 Å². The molecular weight excluding hydrogens is 371 g/mol. The van der Waals surface area contributed by atoms with Gasteiger partial charge in [0.25, 0.3) is 5.82 Å². The van der Waals surface area contributed by atoms with Crippen molar-refractivity contribution < 1.29 is 27.7 Å². The maximum Gasteiger partial charge on any atom is 0.419 e. The van der Waals surface area contributed by atoms with E-state index in [4.69, 9.17) is 0 Å². The highest BCUT2D eigenvalue weighted by Gasteiger charge is 2.33. The van der Waals surface area contributed by atoms with Gasteiger partial charge < -0.3 is 5.32 Å². The fourth-order valence-electron chi connectivity index (χ4n) is 3.23. The molecule has 2 aromatic rings. The van der Waals surface area contributed by atoms with Crippen molar-refractivity contribution in [1.29, 1.82) is 0 Å². The number of Topliss-reactive ketones (excluding diaryl/α,β-unsaturated/α-hetero) is 1. The quantitative estimate of drug-likeness (QED) is 0.809. The van der Waals surface area contributed by atoms with Crippen molar-refractivity contribution in [3.8, 4) is 0 Å². The molecule has 0 spiro atoms. The van der Waals surface area contributed by atoms with E-state index in [2.05, 4.69) is 10.3 Å². The van der Waals surface area contributed by atoms with Crippen LogP contribution in [0.25, 0.3) is 0 Å². The smallest absolute Gasteiger partial charge is 0.326 e. The van der Waals surface area contributed by atoms with Crippen molar-refractivity contribution in [2.75, 3.05) is 23.3 Å². The molecule has 3 rings (SSSR count). The van der Waals surface area contributed by atoms with E-state index in [1.807, 2.05) is 4.90 Å². The number of halogens is 3. The molecule has 1 aliphatic heterocycles. The Morgan fingerprint density at radius 2 is 1.86 bits per heavy atom. The largest absolute Gasteiger partial charge is 0.419 e. The van der Waals surface area contributed by atoms with E-state index >= 15 is 0 Å². The molecule has 2 N–H and O–H groups in total. The second kappa shape index (κ2) is 8.00. The van der Waals surface area contributed by atoms with E-state index in [-0.39, 0.29) is 17.6 Å². The first-order chi connectivity index (χ1) is 13.2. The summed E-state index contributed by atoms with van der Waals surface area (Å²) in [4.78, 5) is 28.6. The summed E-state index contributed by atoms with van der Waals surface area (Å²) in [6.07, 6.45) is -2.24. The lowest BCUT2D eigenvalue weighted by atomic mass is 9.95. The van der Waals surface area contributed by atoms with Crippen molar-refractivity contribution in [1.82, 2.24) is 0 Å². The molecule has 148 valence electrons. The lowest BCUT2D eigenvalue weighted by Crippen LogP contribution is -2.40. The Bertz CT molecular complexity index is 858. The van der Waals surface area contributed by atoms with Crippen LogP contribution in [0.1, 0.15) is 35.7 Å². The van der Waals surface area contributed by atoms with Crippen LogP contribution in [0.2, 0.25) is 0 Å². The zero-order valence-electron chi connectivity index (χ0n) is 15.3. The predicted octanol–water partition coefficient (Wildman–Crippen LogP) is 3.58. The summed E-state index contributed by atoms with van der Waals surface area (Å²) in [5.41, 5.74) is 0.389. The lowest BCUT2D eigenvalue weighted by molar-refractivity contribution is -0.367. The fraction of sp³-hybridized carbons (Fsp3) is 0.350. The molecule has 1 saturated heterocycles. The Kier molecular flexibility index (Phi) is 5.67. The third-order valence-corrected chi connectivity index (χ3v) is 4.87. The Morgan fingerprint density at radius 1 is 1.14 bits per heavy atom. The van der Waals surface area contributed by atoms with Crippen LogP contribution >= 0.6 is 0 Å². The first kappa shape index (κ1) is 19.9. The van der Waals surface area contributed by atoms with E-state index in [0.717, 1.165) is 12.3 Å². The van der Waals surface area contributed by atoms with Crippen LogP contribution in [-0.4, -0.2) is 24.8 Å². The van der Waals surface area contributed by atoms with E-state index in [1.165, 1.54) is 13.0 Å². The zero-order valence-corrected chi connectivity index (χ0v) is 15.3. The molecule has 1 aliphatic rings. The third kappa shape index (κ3) is 4.68. The molecule has 0 unspecified atom stereocenters. The number of hydrogen-bond donors (Lipinski definition) is 1. The molecule has 0 atom stereocenters. The highest BCUT2D eigenvalue weighted by atomic mass is 19.4. The van der Waals surface area contributed by atoms with E-state index < -0.39 is 11.7 Å². The third-order valence-electron chi connectivity index (χ3n) is 4.87. The minimum Gasteiger partial charge on any atom is -0.326 e. The van der Waals surface area contributed by atoms with Gasteiger partial charge in [0.15, 0.2) is 5.78 Å². The van der Waals surface area contributed by atoms with E-state index in [9.17, 15) is 22.8 Å². The number of pyridine rings is 1. The summed E-state index contributed by atoms with van der Waals surface area (Å²) >= 11 is 0.